The third-order valence-electron chi connectivity index (χ3n) is 3.90. The Morgan fingerprint density at radius 2 is 1.85 bits per heavy atom. The van der Waals surface area contributed by atoms with Crippen molar-refractivity contribution in [2.45, 2.75) is 26.8 Å². The van der Waals surface area contributed by atoms with Gasteiger partial charge in [0.2, 0.25) is 5.89 Å². The fourth-order valence-electron chi connectivity index (χ4n) is 3.24. The summed E-state index contributed by atoms with van der Waals surface area (Å²) in [6, 6.07) is 10.1. The van der Waals surface area contributed by atoms with Crippen molar-refractivity contribution in [1.29, 1.82) is 0 Å². The van der Waals surface area contributed by atoms with Gasteiger partial charge in [0.05, 0.1) is 5.69 Å². The second-order valence-corrected chi connectivity index (χ2v) is 6.15. The molecule has 1 aromatic carbocycles. The largest absolute Gasteiger partial charge is 0.444 e. The molecule has 106 valence electrons. The lowest BCUT2D eigenvalue weighted by atomic mass is 9.92. The third kappa shape index (κ3) is 3.10. The van der Waals surface area contributed by atoms with E-state index >= 15 is 0 Å². The standard InChI is InChI=1S/C17H22N2O/c1-13-8-14(2)10-19(9-13)11-16-12-20-17(18-16)15-6-4-3-5-7-15/h3-7,12-14H,8-11H2,1-2H3. The summed E-state index contributed by atoms with van der Waals surface area (Å²) in [5.41, 5.74) is 2.07. The van der Waals surface area contributed by atoms with Crippen LogP contribution < -0.4 is 0 Å². The predicted molar refractivity (Wildman–Crippen MR) is 80.2 cm³/mol. The molecule has 0 N–H and O–H groups in total. The van der Waals surface area contributed by atoms with E-state index in [0.29, 0.717) is 0 Å². The molecule has 0 aliphatic carbocycles. The van der Waals surface area contributed by atoms with E-state index < -0.39 is 0 Å². The van der Waals surface area contributed by atoms with Crippen LogP contribution in [0.2, 0.25) is 0 Å². The Balaban J connectivity index is 1.68. The Bertz CT molecular complexity index is 539. The van der Waals surface area contributed by atoms with Gasteiger partial charge in [-0.1, -0.05) is 32.0 Å². The van der Waals surface area contributed by atoms with Gasteiger partial charge in [0.25, 0.3) is 0 Å². The zero-order valence-electron chi connectivity index (χ0n) is 12.2. The molecule has 2 aromatic rings. The molecule has 20 heavy (non-hydrogen) atoms. The van der Waals surface area contributed by atoms with E-state index in [4.69, 9.17) is 4.42 Å². The molecule has 0 saturated carbocycles. The molecular weight excluding hydrogens is 248 g/mol. The topological polar surface area (TPSA) is 29.3 Å². The monoisotopic (exact) mass is 270 g/mol. The molecule has 0 amide bonds. The molecule has 1 aliphatic heterocycles. The first-order chi connectivity index (χ1) is 9.70. The van der Waals surface area contributed by atoms with Gasteiger partial charge in [-0.25, -0.2) is 4.98 Å². The maximum atomic E-state index is 5.61. The Kier molecular flexibility index (Phi) is 3.88. The fourth-order valence-corrected chi connectivity index (χ4v) is 3.24. The first kappa shape index (κ1) is 13.4. The van der Waals surface area contributed by atoms with Gasteiger partial charge >= 0.3 is 0 Å². The average Bonchev–Trinajstić information content (AvgIpc) is 2.87. The van der Waals surface area contributed by atoms with E-state index in [2.05, 4.69) is 23.7 Å². The molecule has 0 bridgehead atoms. The molecule has 3 nitrogen and oxygen atoms in total. The summed E-state index contributed by atoms with van der Waals surface area (Å²) in [6.45, 7) is 7.89. The fraction of sp³-hybridized carbons (Fsp3) is 0.471. The first-order valence-corrected chi connectivity index (χ1v) is 7.43. The highest BCUT2D eigenvalue weighted by atomic mass is 16.3. The van der Waals surface area contributed by atoms with Gasteiger partial charge in [-0.15, -0.1) is 0 Å². The highest BCUT2D eigenvalue weighted by Gasteiger charge is 2.22. The maximum Gasteiger partial charge on any atom is 0.226 e. The number of aromatic nitrogens is 1. The van der Waals surface area contributed by atoms with Crippen LogP contribution in [0.3, 0.4) is 0 Å². The number of oxazole rings is 1. The summed E-state index contributed by atoms with van der Waals surface area (Å²) >= 11 is 0. The van der Waals surface area contributed by atoms with Crippen LogP contribution in [0.15, 0.2) is 41.0 Å². The smallest absolute Gasteiger partial charge is 0.226 e. The summed E-state index contributed by atoms with van der Waals surface area (Å²) < 4.78 is 5.61. The van der Waals surface area contributed by atoms with Crippen LogP contribution in [0, 0.1) is 11.8 Å². The molecule has 0 spiro atoms. The molecule has 3 heteroatoms. The SMILES string of the molecule is CC1CC(C)CN(Cc2coc(-c3ccccc3)n2)C1. The molecule has 2 atom stereocenters. The zero-order chi connectivity index (χ0) is 13.9. The number of nitrogens with zero attached hydrogens (tertiary/aromatic N) is 2. The second-order valence-electron chi connectivity index (χ2n) is 6.15. The van der Waals surface area contributed by atoms with Crippen LogP contribution in [-0.2, 0) is 6.54 Å². The minimum absolute atomic E-state index is 0.721. The number of likely N-dealkylation sites (tertiary alicyclic amines) is 1. The Labute approximate surface area is 120 Å². The van der Waals surface area contributed by atoms with E-state index in [1.807, 2.05) is 30.3 Å². The van der Waals surface area contributed by atoms with Gasteiger partial charge in [0, 0.05) is 25.2 Å². The minimum Gasteiger partial charge on any atom is -0.444 e. The molecule has 2 unspecified atom stereocenters. The third-order valence-corrected chi connectivity index (χ3v) is 3.90. The van der Waals surface area contributed by atoms with Crippen molar-refractivity contribution in [2.24, 2.45) is 11.8 Å². The van der Waals surface area contributed by atoms with Gasteiger partial charge in [-0.2, -0.15) is 0 Å². The Morgan fingerprint density at radius 1 is 1.15 bits per heavy atom. The maximum absolute atomic E-state index is 5.61. The number of rotatable bonds is 3. The van der Waals surface area contributed by atoms with E-state index in [-0.39, 0.29) is 0 Å². The summed E-state index contributed by atoms with van der Waals surface area (Å²) in [7, 11) is 0. The zero-order valence-corrected chi connectivity index (χ0v) is 12.2. The molecule has 1 fully saturated rings. The molecule has 3 rings (SSSR count). The van der Waals surface area contributed by atoms with Crippen LogP contribution >= 0.6 is 0 Å². The lowest BCUT2D eigenvalue weighted by Gasteiger charge is -2.34. The number of hydrogen-bond acceptors (Lipinski definition) is 3. The van der Waals surface area contributed by atoms with E-state index in [1.54, 1.807) is 6.26 Å². The number of hydrogen-bond donors (Lipinski definition) is 0. The van der Waals surface area contributed by atoms with E-state index in [0.717, 1.165) is 48.6 Å². The minimum atomic E-state index is 0.721. The highest BCUT2D eigenvalue weighted by Crippen LogP contribution is 2.23. The average molecular weight is 270 g/mol. The Hall–Kier alpha value is -1.61. The van der Waals surface area contributed by atoms with Gasteiger partial charge in [0.1, 0.15) is 6.26 Å². The van der Waals surface area contributed by atoms with Crippen LogP contribution in [0.4, 0.5) is 0 Å². The second kappa shape index (κ2) is 5.80. The number of benzene rings is 1. The van der Waals surface area contributed by atoms with Crippen LogP contribution in [0.5, 0.6) is 0 Å². The molecular formula is C17H22N2O. The van der Waals surface area contributed by atoms with Crippen molar-refractivity contribution >= 4 is 0 Å². The summed E-state index contributed by atoms with van der Waals surface area (Å²) in [5.74, 6) is 2.28. The van der Waals surface area contributed by atoms with Gasteiger partial charge in [-0.05, 0) is 30.4 Å². The van der Waals surface area contributed by atoms with E-state index in [1.165, 1.54) is 6.42 Å². The lowest BCUT2D eigenvalue weighted by molar-refractivity contribution is 0.133. The van der Waals surface area contributed by atoms with Crippen molar-refractivity contribution < 1.29 is 4.42 Å². The van der Waals surface area contributed by atoms with Gasteiger partial charge < -0.3 is 4.42 Å². The van der Waals surface area contributed by atoms with Crippen LogP contribution in [-0.4, -0.2) is 23.0 Å². The van der Waals surface area contributed by atoms with Crippen molar-refractivity contribution in [3.8, 4) is 11.5 Å². The molecule has 1 aromatic heterocycles. The Morgan fingerprint density at radius 3 is 2.55 bits per heavy atom. The van der Waals surface area contributed by atoms with Crippen molar-refractivity contribution in [1.82, 2.24) is 9.88 Å². The number of piperidine rings is 1. The molecule has 1 saturated heterocycles. The van der Waals surface area contributed by atoms with Gasteiger partial charge in [0.15, 0.2) is 0 Å². The van der Waals surface area contributed by atoms with Crippen LogP contribution in [0.25, 0.3) is 11.5 Å². The molecule has 1 aliphatic rings. The quantitative estimate of drug-likeness (QED) is 0.849. The van der Waals surface area contributed by atoms with E-state index in [9.17, 15) is 0 Å². The van der Waals surface area contributed by atoms with Crippen molar-refractivity contribution in [3.63, 3.8) is 0 Å². The summed E-state index contributed by atoms with van der Waals surface area (Å²) in [4.78, 5) is 7.11. The van der Waals surface area contributed by atoms with Crippen molar-refractivity contribution in [3.05, 3.63) is 42.3 Å². The molecule has 2 heterocycles. The van der Waals surface area contributed by atoms with Crippen molar-refractivity contribution in [2.75, 3.05) is 13.1 Å². The summed E-state index contributed by atoms with van der Waals surface area (Å²) in [6.07, 6.45) is 3.14. The first-order valence-electron chi connectivity index (χ1n) is 7.43. The highest BCUT2D eigenvalue weighted by molar-refractivity contribution is 5.52. The normalized spacial score (nSPS) is 23.9. The summed E-state index contributed by atoms with van der Waals surface area (Å²) in [5, 5.41) is 0. The predicted octanol–water partition coefficient (Wildman–Crippen LogP) is 3.82. The van der Waals surface area contributed by atoms with Gasteiger partial charge in [-0.3, -0.25) is 4.90 Å². The lowest BCUT2D eigenvalue weighted by Crippen LogP contribution is -2.38. The van der Waals surface area contributed by atoms with Crippen LogP contribution in [0.1, 0.15) is 26.0 Å². The molecule has 0 radical (unpaired) electrons.